The Morgan fingerprint density at radius 3 is 2.50 bits per heavy atom. The van der Waals surface area contributed by atoms with E-state index in [0.717, 1.165) is 10.9 Å². The fraction of sp³-hybridized carbons (Fsp3) is 0.294. The lowest BCUT2D eigenvalue weighted by molar-refractivity contribution is -0.123. The maximum atomic E-state index is 12.0. The third-order valence-corrected chi connectivity index (χ3v) is 3.49. The van der Waals surface area contributed by atoms with Crippen LogP contribution >= 0.6 is 0 Å². The van der Waals surface area contributed by atoms with Crippen LogP contribution in [0.15, 0.2) is 42.5 Å². The lowest BCUT2D eigenvalue weighted by Gasteiger charge is -2.18. The molecule has 0 aromatic heterocycles. The van der Waals surface area contributed by atoms with Gasteiger partial charge in [0.1, 0.15) is 0 Å². The highest BCUT2D eigenvalue weighted by Gasteiger charge is 2.13. The summed E-state index contributed by atoms with van der Waals surface area (Å²) in [7, 11) is 1.69. The molecule has 0 radical (unpaired) electrons. The first-order chi connectivity index (χ1) is 10.5. The van der Waals surface area contributed by atoms with E-state index < -0.39 is 5.91 Å². The zero-order valence-electron chi connectivity index (χ0n) is 12.9. The average molecular weight is 299 g/mol. The van der Waals surface area contributed by atoms with Gasteiger partial charge < -0.3 is 11.1 Å². The van der Waals surface area contributed by atoms with Crippen LogP contribution in [0, 0.1) is 0 Å². The van der Waals surface area contributed by atoms with Gasteiger partial charge in [0.25, 0.3) is 0 Å². The molecule has 0 aliphatic heterocycles. The van der Waals surface area contributed by atoms with Crippen LogP contribution in [0.4, 0.5) is 0 Å². The van der Waals surface area contributed by atoms with Gasteiger partial charge in [0.2, 0.25) is 11.8 Å². The molecular formula is C17H21N3O2. The summed E-state index contributed by atoms with van der Waals surface area (Å²) in [5.74, 6) is -0.581. The number of rotatable bonds is 6. The third kappa shape index (κ3) is 4.30. The Kier molecular flexibility index (Phi) is 5.12. The van der Waals surface area contributed by atoms with Crippen LogP contribution in [0.2, 0.25) is 0 Å². The van der Waals surface area contributed by atoms with Crippen LogP contribution in [-0.2, 0) is 9.59 Å². The molecule has 0 fully saturated rings. The zero-order chi connectivity index (χ0) is 16.1. The highest BCUT2D eigenvalue weighted by molar-refractivity contribution is 5.84. The molecule has 5 heteroatoms. The van der Waals surface area contributed by atoms with Crippen molar-refractivity contribution in [2.75, 3.05) is 20.1 Å². The van der Waals surface area contributed by atoms with Crippen molar-refractivity contribution in [2.24, 2.45) is 5.73 Å². The van der Waals surface area contributed by atoms with Crippen LogP contribution in [0.25, 0.3) is 10.8 Å². The third-order valence-electron chi connectivity index (χ3n) is 3.49. The van der Waals surface area contributed by atoms with Crippen molar-refractivity contribution in [3.05, 3.63) is 48.0 Å². The Morgan fingerprint density at radius 1 is 1.14 bits per heavy atom. The van der Waals surface area contributed by atoms with E-state index in [1.54, 1.807) is 11.9 Å². The normalized spacial score (nSPS) is 12.3. The molecule has 2 aromatic carbocycles. The number of likely N-dealkylation sites (N-methyl/N-ethyl adjacent to an activating group) is 1. The van der Waals surface area contributed by atoms with Gasteiger partial charge in [-0.25, -0.2) is 0 Å². The standard InChI is InChI=1S/C17H21N3O2/c1-12(19-17(22)11-20(2)10-16(18)21)14-8-7-13-5-3-4-6-15(13)9-14/h3-9,12H,10-11H2,1-2H3,(H2,18,21)(H,19,22)/t12-/m1/s1. The molecule has 5 nitrogen and oxygen atoms in total. The number of nitrogens with zero attached hydrogens (tertiary/aromatic N) is 1. The number of benzene rings is 2. The number of hydrogen-bond acceptors (Lipinski definition) is 3. The summed E-state index contributed by atoms with van der Waals surface area (Å²) in [5, 5.41) is 5.25. The number of carbonyl (C=O) groups is 2. The fourth-order valence-electron chi connectivity index (χ4n) is 2.41. The molecule has 2 rings (SSSR count). The van der Waals surface area contributed by atoms with E-state index in [2.05, 4.69) is 17.4 Å². The Labute approximate surface area is 130 Å². The van der Waals surface area contributed by atoms with Crippen molar-refractivity contribution < 1.29 is 9.59 Å². The second-order valence-corrected chi connectivity index (χ2v) is 5.53. The summed E-state index contributed by atoms with van der Waals surface area (Å²) < 4.78 is 0. The van der Waals surface area contributed by atoms with Crippen LogP contribution in [0.3, 0.4) is 0 Å². The number of carbonyl (C=O) groups excluding carboxylic acids is 2. The summed E-state index contributed by atoms with van der Waals surface area (Å²) in [5.41, 5.74) is 6.15. The van der Waals surface area contributed by atoms with Gasteiger partial charge in [-0.3, -0.25) is 14.5 Å². The van der Waals surface area contributed by atoms with Gasteiger partial charge in [0, 0.05) is 0 Å². The Morgan fingerprint density at radius 2 is 1.82 bits per heavy atom. The molecule has 0 aliphatic carbocycles. The molecule has 0 spiro atoms. The number of fused-ring (bicyclic) bond motifs is 1. The van der Waals surface area contributed by atoms with Crippen molar-refractivity contribution in [3.8, 4) is 0 Å². The first-order valence-electron chi connectivity index (χ1n) is 7.20. The second kappa shape index (κ2) is 7.04. The quantitative estimate of drug-likeness (QED) is 0.847. The molecule has 0 bridgehead atoms. The predicted molar refractivity (Wildman–Crippen MR) is 87.2 cm³/mol. The van der Waals surface area contributed by atoms with Crippen molar-refractivity contribution in [3.63, 3.8) is 0 Å². The molecule has 2 amide bonds. The molecule has 3 N–H and O–H groups in total. The minimum absolute atomic E-state index is 0.0672. The van der Waals surface area contributed by atoms with E-state index in [0.29, 0.717) is 0 Å². The Balaban J connectivity index is 1.99. The molecule has 0 aliphatic rings. The van der Waals surface area contributed by atoms with Gasteiger partial charge in [-0.2, -0.15) is 0 Å². The van der Waals surface area contributed by atoms with Crippen molar-refractivity contribution in [1.82, 2.24) is 10.2 Å². The molecule has 0 saturated carbocycles. The summed E-state index contributed by atoms with van der Waals surface area (Å²) >= 11 is 0. The van der Waals surface area contributed by atoms with Crippen molar-refractivity contribution in [1.29, 1.82) is 0 Å². The first kappa shape index (κ1) is 16.0. The largest absolute Gasteiger partial charge is 0.369 e. The van der Waals surface area contributed by atoms with Crippen LogP contribution in [-0.4, -0.2) is 36.9 Å². The van der Waals surface area contributed by atoms with Crippen molar-refractivity contribution in [2.45, 2.75) is 13.0 Å². The van der Waals surface area contributed by atoms with Gasteiger partial charge in [-0.05, 0) is 36.4 Å². The average Bonchev–Trinajstić information content (AvgIpc) is 2.45. The molecule has 22 heavy (non-hydrogen) atoms. The van der Waals surface area contributed by atoms with Gasteiger partial charge in [0.15, 0.2) is 0 Å². The van der Waals surface area contributed by atoms with Crippen LogP contribution in [0.5, 0.6) is 0 Å². The van der Waals surface area contributed by atoms with E-state index >= 15 is 0 Å². The maximum Gasteiger partial charge on any atom is 0.234 e. The molecule has 0 heterocycles. The van der Waals surface area contributed by atoms with E-state index in [9.17, 15) is 9.59 Å². The number of nitrogens with one attached hydrogen (secondary N) is 1. The number of amides is 2. The van der Waals surface area contributed by atoms with Gasteiger partial charge in [-0.15, -0.1) is 0 Å². The molecule has 116 valence electrons. The van der Waals surface area contributed by atoms with Crippen molar-refractivity contribution >= 4 is 22.6 Å². The summed E-state index contributed by atoms with van der Waals surface area (Å²) in [4.78, 5) is 24.4. The van der Waals surface area contributed by atoms with Crippen LogP contribution < -0.4 is 11.1 Å². The molecule has 2 aromatic rings. The lowest BCUT2D eigenvalue weighted by atomic mass is 10.0. The van der Waals surface area contributed by atoms with Gasteiger partial charge >= 0.3 is 0 Å². The molecular weight excluding hydrogens is 278 g/mol. The lowest BCUT2D eigenvalue weighted by Crippen LogP contribution is -2.39. The fourth-order valence-corrected chi connectivity index (χ4v) is 2.41. The molecule has 1 atom stereocenters. The monoisotopic (exact) mass is 299 g/mol. The summed E-state index contributed by atoms with van der Waals surface area (Å²) in [6.07, 6.45) is 0. The minimum Gasteiger partial charge on any atom is -0.369 e. The summed E-state index contributed by atoms with van der Waals surface area (Å²) in [6, 6.07) is 14.1. The SMILES string of the molecule is C[C@@H](NC(=O)CN(C)CC(N)=O)c1ccc2ccccc2c1. The van der Waals surface area contributed by atoms with Gasteiger partial charge in [0.05, 0.1) is 19.1 Å². The predicted octanol–water partition coefficient (Wildman–Crippen LogP) is 1.43. The second-order valence-electron chi connectivity index (χ2n) is 5.53. The van der Waals surface area contributed by atoms with Gasteiger partial charge in [-0.1, -0.05) is 36.4 Å². The van der Waals surface area contributed by atoms with Crippen LogP contribution in [0.1, 0.15) is 18.5 Å². The van der Waals surface area contributed by atoms with E-state index in [1.165, 1.54) is 5.39 Å². The van der Waals surface area contributed by atoms with E-state index in [-0.39, 0.29) is 25.0 Å². The summed E-state index contributed by atoms with van der Waals surface area (Å²) in [6.45, 7) is 2.15. The van der Waals surface area contributed by atoms with E-state index in [1.807, 2.05) is 37.3 Å². The number of primary amides is 1. The minimum atomic E-state index is -0.446. The highest BCUT2D eigenvalue weighted by atomic mass is 16.2. The molecule has 0 saturated heterocycles. The smallest absolute Gasteiger partial charge is 0.234 e. The Hall–Kier alpha value is -2.40. The maximum absolute atomic E-state index is 12.0. The Bertz CT molecular complexity index is 684. The topological polar surface area (TPSA) is 75.4 Å². The number of nitrogens with two attached hydrogens (primary N) is 1. The number of hydrogen-bond donors (Lipinski definition) is 2. The molecule has 0 unspecified atom stereocenters. The zero-order valence-corrected chi connectivity index (χ0v) is 12.9. The van der Waals surface area contributed by atoms with E-state index in [4.69, 9.17) is 5.73 Å². The highest BCUT2D eigenvalue weighted by Crippen LogP contribution is 2.20. The first-order valence-corrected chi connectivity index (χ1v) is 7.20.